The van der Waals surface area contributed by atoms with Crippen molar-refractivity contribution in [3.05, 3.63) is 70.3 Å². The number of quaternary nitrogens is 1. The Morgan fingerprint density at radius 2 is 1.93 bits per heavy atom. The third kappa shape index (κ3) is 3.88. The van der Waals surface area contributed by atoms with Gasteiger partial charge in [0.05, 0.1) is 24.6 Å². The summed E-state index contributed by atoms with van der Waals surface area (Å²) >= 11 is 0. The number of nitrogens with zero attached hydrogens (tertiary/aromatic N) is 1. The molecule has 1 saturated heterocycles. The first-order chi connectivity index (χ1) is 13.2. The molecule has 1 fully saturated rings. The molecule has 5 nitrogen and oxygen atoms in total. The van der Waals surface area contributed by atoms with Crippen LogP contribution >= 0.6 is 0 Å². The smallest absolute Gasteiger partial charge is 0.258 e. The van der Waals surface area contributed by atoms with Gasteiger partial charge < -0.3 is 14.6 Å². The monoisotopic (exact) mass is 364 g/mol. The number of para-hydroxylation sites is 1. The van der Waals surface area contributed by atoms with Crippen molar-refractivity contribution < 1.29 is 9.64 Å². The summed E-state index contributed by atoms with van der Waals surface area (Å²) in [4.78, 5) is 21.6. The van der Waals surface area contributed by atoms with Crippen molar-refractivity contribution in [2.45, 2.75) is 38.3 Å². The van der Waals surface area contributed by atoms with Gasteiger partial charge in [-0.25, -0.2) is 4.98 Å². The van der Waals surface area contributed by atoms with Crippen molar-refractivity contribution in [1.82, 2.24) is 9.97 Å². The van der Waals surface area contributed by atoms with Crippen molar-refractivity contribution in [2.24, 2.45) is 0 Å². The minimum Gasteiger partial charge on any atom is -0.497 e. The molecule has 2 aromatic carbocycles. The second kappa shape index (κ2) is 7.92. The Kier molecular flexibility index (Phi) is 5.21. The maximum Gasteiger partial charge on any atom is 0.258 e. The fraction of sp³-hybridized carbons (Fsp3) is 0.364. The van der Waals surface area contributed by atoms with Gasteiger partial charge in [0.1, 0.15) is 18.3 Å². The standard InChI is InChI=1S/C22H25N3O2/c1-27-17-12-10-16(11-13-17)20-9-3-2-6-14-25(20)15-21-23-19-8-5-4-7-18(19)22(26)24-21/h4-5,7-8,10-13,20H,2-3,6,9,14-15H2,1H3,(H,23,24,26)/p+1/t20-/m0/s1. The molecule has 0 spiro atoms. The van der Waals surface area contributed by atoms with Crippen LogP contribution < -0.4 is 15.2 Å². The lowest BCUT2D eigenvalue weighted by Crippen LogP contribution is -3.10. The average molecular weight is 364 g/mol. The zero-order valence-electron chi connectivity index (χ0n) is 15.7. The Hall–Kier alpha value is -2.66. The predicted octanol–water partition coefficient (Wildman–Crippen LogP) is 2.63. The molecule has 1 aromatic heterocycles. The fourth-order valence-electron chi connectivity index (χ4n) is 4.14. The van der Waals surface area contributed by atoms with Crippen molar-refractivity contribution in [1.29, 1.82) is 0 Å². The molecule has 2 heterocycles. The highest BCUT2D eigenvalue weighted by atomic mass is 16.5. The molecule has 5 heteroatoms. The summed E-state index contributed by atoms with van der Waals surface area (Å²) in [6, 6.07) is 16.4. The summed E-state index contributed by atoms with van der Waals surface area (Å²) < 4.78 is 5.30. The second-order valence-electron chi connectivity index (χ2n) is 7.29. The van der Waals surface area contributed by atoms with Crippen LogP contribution in [-0.2, 0) is 6.54 Å². The topological polar surface area (TPSA) is 59.4 Å². The minimum atomic E-state index is -0.0502. The van der Waals surface area contributed by atoms with E-state index in [1.807, 2.05) is 36.4 Å². The number of fused-ring (bicyclic) bond motifs is 1. The number of rotatable bonds is 4. The molecule has 4 rings (SSSR count). The van der Waals surface area contributed by atoms with Crippen LogP contribution in [0.4, 0.5) is 0 Å². The van der Waals surface area contributed by atoms with Crippen molar-refractivity contribution in [3.8, 4) is 5.75 Å². The van der Waals surface area contributed by atoms with Crippen LogP contribution in [0.25, 0.3) is 10.9 Å². The van der Waals surface area contributed by atoms with Gasteiger partial charge in [-0.3, -0.25) is 4.79 Å². The first kappa shape index (κ1) is 17.7. The van der Waals surface area contributed by atoms with Crippen LogP contribution in [0.2, 0.25) is 0 Å². The normalized spacial score (nSPS) is 20.3. The van der Waals surface area contributed by atoms with E-state index in [0.29, 0.717) is 11.4 Å². The molecule has 1 unspecified atom stereocenters. The molecule has 2 N–H and O–H groups in total. The van der Waals surface area contributed by atoms with Crippen molar-refractivity contribution >= 4 is 10.9 Å². The summed E-state index contributed by atoms with van der Waals surface area (Å²) in [5, 5.41) is 0.652. The molecule has 3 aromatic rings. The zero-order valence-corrected chi connectivity index (χ0v) is 15.7. The number of methoxy groups -OCH3 is 1. The molecule has 0 saturated carbocycles. The predicted molar refractivity (Wildman–Crippen MR) is 106 cm³/mol. The van der Waals surface area contributed by atoms with Gasteiger partial charge in [0.2, 0.25) is 0 Å². The van der Waals surface area contributed by atoms with E-state index in [0.717, 1.165) is 36.6 Å². The maximum absolute atomic E-state index is 12.4. The Labute approximate surface area is 159 Å². The molecule has 0 aliphatic carbocycles. The fourth-order valence-corrected chi connectivity index (χ4v) is 4.14. The summed E-state index contributed by atoms with van der Waals surface area (Å²) in [7, 11) is 1.69. The van der Waals surface area contributed by atoms with E-state index in [4.69, 9.17) is 9.72 Å². The Morgan fingerprint density at radius 3 is 2.74 bits per heavy atom. The largest absolute Gasteiger partial charge is 0.497 e. The van der Waals surface area contributed by atoms with E-state index in [9.17, 15) is 4.79 Å². The van der Waals surface area contributed by atoms with Gasteiger partial charge in [0, 0.05) is 12.0 Å². The molecule has 1 aliphatic heterocycles. The average Bonchev–Trinajstić information content (AvgIpc) is 2.93. The van der Waals surface area contributed by atoms with Crippen LogP contribution in [-0.4, -0.2) is 23.6 Å². The number of ether oxygens (including phenoxy) is 1. The second-order valence-corrected chi connectivity index (χ2v) is 7.29. The van der Waals surface area contributed by atoms with Gasteiger partial charge in [-0.05, 0) is 55.7 Å². The SMILES string of the molecule is COc1ccc([C@@H]2CCCCC[NH+]2Cc2nc3ccccc3c(=O)[nH]2)cc1. The molecule has 1 aliphatic rings. The van der Waals surface area contributed by atoms with Crippen LogP contribution in [0, 0.1) is 0 Å². The van der Waals surface area contributed by atoms with Crippen LogP contribution in [0.1, 0.15) is 43.1 Å². The van der Waals surface area contributed by atoms with Gasteiger partial charge in [-0.1, -0.05) is 12.1 Å². The minimum absolute atomic E-state index is 0.0502. The number of nitrogens with one attached hydrogen (secondary N) is 2. The third-order valence-electron chi connectivity index (χ3n) is 5.56. The van der Waals surface area contributed by atoms with Crippen LogP contribution in [0.3, 0.4) is 0 Å². The Bertz CT molecular complexity index is 965. The third-order valence-corrected chi connectivity index (χ3v) is 5.56. The van der Waals surface area contributed by atoms with Crippen LogP contribution in [0.15, 0.2) is 53.3 Å². The lowest BCUT2D eigenvalue weighted by molar-refractivity contribution is -0.945. The number of H-pyrrole nitrogens is 1. The Balaban J connectivity index is 1.63. The van der Waals surface area contributed by atoms with Crippen molar-refractivity contribution in [2.75, 3.05) is 13.7 Å². The molecular weight excluding hydrogens is 338 g/mol. The van der Waals surface area contributed by atoms with Crippen LogP contribution in [0.5, 0.6) is 5.75 Å². The first-order valence-corrected chi connectivity index (χ1v) is 9.71. The number of aromatic nitrogens is 2. The molecule has 0 radical (unpaired) electrons. The van der Waals surface area contributed by atoms with Gasteiger partial charge >= 0.3 is 0 Å². The van der Waals surface area contributed by atoms with E-state index in [1.165, 1.54) is 29.7 Å². The van der Waals surface area contributed by atoms with E-state index >= 15 is 0 Å². The number of benzene rings is 2. The maximum atomic E-state index is 12.4. The number of hydrogen-bond acceptors (Lipinski definition) is 3. The van der Waals surface area contributed by atoms with Gasteiger partial charge in [-0.2, -0.15) is 0 Å². The highest BCUT2D eigenvalue weighted by Crippen LogP contribution is 2.22. The molecule has 140 valence electrons. The molecule has 2 atom stereocenters. The van der Waals surface area contributed by atoms with E-state index < -0.39 is 0 Å². The molecule has 0 amide bonds. The molecule has 0 bridgehead atoms. The summed E-state index contributed by atoms with van der Waals surface area (Å²) in [5.74, 6) is 1.66. The van der Waals surface area contributed by atoms with Gasteiger partial charge in [-0.15, -0.1) is 0 Å². The summed E-state index contributed by atoms with van der Waals surface area (Å²) in [6.07, 6.45) is 4.86. The molecular formula is C22H26N3O2+. The number of likely N-dealkylation sites (tertiary alicyclic amines) is 1. The lowest BCUT2D eigenvalue weighted by Gasteiger charge is -2.27. The zero-order chi connectivity index (χ0) is 18.6. The quantitative estimate of drug-likeness (QED) is 0.748. The molecule has 27 heavy (non-hydrogen) atoms. The Morgan fingerprint density at radius 1 is 1.11 bits per heavy atom. The number of hydrogen-bond donors (Lipinski definition) is 2. The number of aromatic amines is 1. The lowest BCUT2D eigenvalue weighted by atomic mass is 10.0. The van der Waals surface area contributed by atoms with Crippen molar-refractivity contribution in [3.63, 3.8) is 0 Å². The summed E-state index contributed by atoms with van der Waals surface area (Å²) in [5.41, 5.74) is 2.05. The highest BCUT2D eigenvalue weighted by Gasteiger charge is 2.27. The van der Waals surface area contributed by atoms with E-state index in [-0.39, 0.29) is 5.56 Å². The van der Waals surface area contributed by atoms with E-state index in [1.54, 1.807) is 7.11 Å². The summed E-state index contributed by atoms with van der Waals surface area (Å²) in [6.45, 7) is 1.82. The van der Waals surface area contributed by atoms with Gasteiger partial charge in [0.15, 0.2) is 5.82 Å². The highest BCUT2D eigenvalue weighted by molar-refractivity contribution is 5.77. The van der Waals surface area contributed by atoms with Gasteiger partial charge in [0.25, 0.3) is 5.56 Å². The van der Waals surface area contributed by atoms with E-state index in [2.05, 4.69) is 17.1 Å². The first-order valence-electron chi connectivity index (χ1n) is 9.71.